The first-order chi connectivity index (χ1) is 11.7. The molecule has 0 radical (unpaired) electrons. The summed E-state index contributed by atoms with van der Waals surface area (Å²) in [6.07, 6.45) is 2.18. The molecule has 3 nitrogen and oxygen atoms in total. The second kappa shape index (κ2) is 8.92. The molecule has 2 rings (SSSR count). The van der Waals surface area contributed by atoms with Crippen LogP contribution in [0.5, 0.6) is 5.75 Å². The highest BCUT2D eigenvalue weighted by Gasteiger charge is 2.08. The van der Waals surface area contributed by atoms with E-state index in [2.05, 4.69) is 13.5 Å². The first kappa shape index (κ1) is 17.8. The van der Waals surface area contributed by atoms with E-state index in [4.69, 9.17) is 9.47 Å². The molecule has 0 aromatic heterocycles. The van der Waals surface area contributed by atoms with Gasteiger partial charge in [0.15, 0.2) is 0 Å². The molecule has 126 valence electrons. The Labute approximate surface area is 143 Å². The Morgan fingerprint density at radius 3 is 2.00 bits per heavy atom. The monoisotopic (exact) mass is 324 g/mol. The first-order valence-corrected chi connectivity index (χ1v) is 8.35. The van der Waals surface area contributed by atoms with Gasteiger partial charge in [0, 0.05) is 0 Å². The average molecular weight is 324 g/mol. The molecule has 0 heterocycles. The minimum Gasteiger partial charge on any atom is -0.494 e. The van der Waals surface area contributed by atoms with E-state index in [1.807, 2.05) is 36.4 Å². The van der Waals surface area contributed by atoms with Gasteiger partial charge in [0.1, 0.15) is 5.75 Å². The molecule has 0 unspecified atom stereocenters. The van der Waals surface area contributed by atoms with E-state index in [0.29, 0.717) is 12.2 Å². The van der Waals surface area contributed by atoms with Gasteiger partial charge in [-0.05, 0) is 54.3 Å². The van der Waals surface area contributed by atoms with E-state index in [-0.39, 0.29) is 5.97 Å². The molecule has 2 aromatic carbocycles. The lowest BCUT2D eigenvalue weighted by Crippen LogP contribution is -2.04. The molecule has 3 heteroatoms. The molecular weight excluding hydrogens is 300 g/mol. The Bertz CT molecular complexity index is 669. The summed E-state index contributed by atoms with van der Waals surface area (Å²) in [6.45, 7) is 9.21. The van der Waals surface area contributed by atoms with E-state index in [1.54, 1.807) is 19.1 Å². The summed E-state index contributed by atoms with van der Waals surface area (Å²) < 4.78 is 10.7. The highest BCUT2D eigenvalue weighted by Crippen LogP contribution is 2.24. The molecule has 0 aliphatic rings. The Morgan fingerprint density at radius 2 is 1.46 bits per heavy atom. The van der Waals surface area contributed by atoms with Crippen molar-refractivity contribution in [1.29, 1.82) is 0 Å². The second-order valence-corrected chi connectivity index (χ2v) is 5.50. The van der Waals surface area contributed by atoms with Gasteiger partial charge in [0.05, 0.1) is 18.8 Å². The van der Waals surface area contributed by atoms with Gasteiger partial charge in [-0.2, -0.15) is 0 Å². The molecule has 0 N–H and O–H groups in total. The third kappa shape index (κ3) is 4.72. The molecule has 0 aliphatic carbocycles. The van der Waals surface area contributed by atoms with Crippen LogP contribution in [0.4, 0.5) is 0 Å². The fourth-order valence-electron chi connectivity index (χ4n) is 2.28. The lowest BCUT2D eigenvalue weighted by molar-refractivity contribution is 0.0526. The number of ether oxygens (including phenoxy) is 2. The minimum absolute atomic E-state index is 0.303. The Balaban J connectivity index is 2.04. The molecule has 0 saturated heterocycles. The highest BCUT2D eigenvalue weighted by atomic mass is 16.5. The predicted octanol–water partition coefficient (Wildman–Crippen LogP) is 5.10. The maximum Gasteiger partial charge on any atom is 0.338 e. The van der Waals surface area contributed by atoms with Gasteiger partial charge in [0.2, 0.25) is 0 Å². The van der Waals surface area contributed by atoms with E-state index in [1.165, 1.54) is 0 Å². The highest BCUT2D eigenvalue weighted by molar-refractivity contribution is 5.90. The van der Waals surface area contributed by atoms with E-state index in [9.17, 15) is 4.79 Å². The van der Waals surface area contributed by atoms with Crippen LogP contribution in [0.2, 0.25) is 0 Å². The van der Waals surface area contributed by atoms with Crippen LogP contribution < -0.4 is 4.74 Å². The first-order valence-electron chi connectivity index (χ1n) is 8.35. The summed E-state index contributed by atoms with van der Waals surface area (Å²) in [5.41, 5.74) is 3.46. The lowest BCUT2D eigenvalue weighted by Gasteiger charge is -2.09. The number of benzene rings is 2. The quantitative estimate of drug-likeness (QED) is 0.500. The molecular formula is C21H24O3. The number of hydrogen-bond donors (Lipinski definition) is 0. The molecule has 2 aromatic rings. The fraction of sp³-hybridized carbons (Fsp3) is 0.286. The zero-order valence-corrected chi connectivity index (χ0v) is 14.4. The third-order valence-electron chi connectivity index (χ3n) is 3.71. The molecule has 0 spiro atoms. The van der Waals surface area contributed by atoms with Crippen LogP contribution in [0.1, 0.15) is 48.2 Å². The van der Waals surface area contributed by atoms with Crippen molar-refractivity contribution < 1.29 is 14.3 Å². The standard InChI is InChI=1S/C21H24O3/c1-4-6-15-24-20-13-11-18(12-14-20)16(3)17-7-9-19(10-8-17)21(22)23-5-2/h7-14H,3-6,15H2,1-2H3. The van der Waals surface area contributed by atoms with Crippen LogP contribution in [0.3, 0.4) is 0 Å². The van der Waals surface area contributed by atoms with E-state index < -0.39 is 0 Å². The number of hydrogen-bond acceptors (Lipinski definition) is 3. The smallest absolute Gasteiger partial charge is 0.338 e. The zero-order valence-electron chi connectivity index (χ0n) is 14.4. The van der Waals surface area contributed by atoms with Gasteiger partial charge < -0.3 is 9.47 Å². The SMILES string of the molecule is C=C(c1ccc(OCCCC)cc1)c1ccc(C(=O)OCC)cc1. The number of carbonyl (C=O) groups is 1. The Kier molecular flexibility index (Phi) is 6.62. The number of carbonyl (C=O) groups excluding carboxylic acids is 1. The summed E-state index contributed by atoms with van der Waals surface area (Å²) in [5, 5.41) is 0. The zero-order chi connectivity index (χ0) is 17.4. The van der Waals surface area contributed by atoms with E-state index in [0.717, 1.165) is 41.9 Å². The predicted molar refractivity (Wildman–Crippen MR) is 97.4 cm³/mol. The molecule has 0 fully saturated rings. The van der Waals surface area contributed by atoms with Crippen LogP contribution in [-0.4, -0.2) is 19.2 Å². The summed E-state index contributed by atoms with van der Waals surface area (Å²) in [6, 6.07) is 15.2. The van der Waals surface area contributed by atoms with Crippen molar-refractivity contribution in [2.24, 2.45) is 0 Å². The van der Waals surface area contributed by atoms with Gasteiger partial charge >= 0.3 is 5.97 Å². The molecule has 0 saturated carbocycles. The Hall–Kier alpha value is -2.55. The molecule has 24 heavy (non-hydrogen) atoms. The van der Waals surface area contributed by atoms with Crippen LogP contribution in [0, 0.1) is 0 Å². The van der Waals surface area contributed by atoms with Crippen molar-refractivity contribution in [3.8, 4) is 5.75 Å². The number of esters is 1. The maximum atomic E-state index is 11.7. The molecule has 0 bridgehead atoms. The molecule has 0 aliphatic heterocycles. The summed E-state index contributed by atoms with van der Waals surface area (Å²) in [5.74, 6) is 0.570. The van der Waals surface area contributed by atoms with Gasteiger partial charge in [-0.3, -0.25) is 0 Å². The van der Waals surface area contributed by atoms with Crippen molar-refractivity contribution in [3.05, 3.63) is 71.8 Å². The van der Waals surface area contributed by atoms with Gasteiger partial charge in [-0.15, -0.1) is 0 Å². The number of rotatable bonds is 8. The van der Waals surface area contributed by atoms with Crippen LogP contribution in [-0.2, 0) is 4.74 Å². The topological polar surface area (TPSA) is 35.5 Å². The lowest BCUT2D eigenvalue weighted by atomic mass is 9.98. The van der Waals surface area contributed by atoms with Crippen LogP contribution >= 0.6 is 0 Å². The minimum atomic E-state index is -0.303. The van der Waals surface area contributed by atoms with Crippen LogP contribution in [0.25, 0.3) is 5.57 Å². The summed E-state index contributed by atoms with van der Waals surface area (Å²) in [7, 11) is 0. The van der Waals surface area contributed by atoms with E-state index >= 15 is 0 Å². The normalized spacial score (nSPS) is 10.2. The van der Waals surface area contributed by atoms with Crippen molar-refractivity contribution in [2.75, 3.05) is 13.2 Å². The van der Waals surface area contributed by atoms with Crippen molar-refractivity contribution >= 4 is 11.5 Å². The summed E-state index contributed by atoms with van der Waals surface area (Å²) in [4.78, 5) is 11.7. The average Bonchev–Trinajstić information content (AvgIpc) is 2.62. The van der Waals surface area contributed by atoms with Gasteiger partial charge in [-0.1, -0.05) is 44.2 Å². The third-order valence-corrected chi connectivity index (χ3v) is 3.71. The second-order valence-electron chi connectivity index (χ2n) is 5.50. The van der Waals surface area contributed by atoms with Gasteiger partial charge in [-0.25, -0.2) is 4.79 Å². The number of unbranched alkanes of at least 4 members (excludes halogenated alkanes) is 1. The molecule has 0 atom stereocenters. The van der Waals surface area contributed by atoms with Crippen molar-refractivity contribution in [2.45, 2.75) is 26.7 Å². The Morgan fingerprint density at radius 1 is 0.917 bits per heavy atom. The van der Waals surface area contributed by atoms with Gasteiger partial charge in [0.25, 0.3) is 0 Å². The summed E-state index contributed by atoms with van der Waals surface area (Å²) >= 11 is 0. The van der Waals surface area contributed by atoms with Crippen molar-refractivity contribution in [3.63, 3.8) is 0 Å². The fourth-order valence-corrected chi connectivity index (χ4v) is 2.28. The maximum absolute atomic E-state index is 11.7. The molecule has 0 amide bonds. The van der Waals surface area contributed by atoms with Crippen LogP contribution in [0.15, 0.2) is 55.1 Å². The van der Waals surface area contributed by atoms with Crippen molar-refractivity contribution in [1.82, 2.24) is 0 Å². The largest absolute Gasteiger partial charge is 0.494 e.